The van der Waals surface area contributed by atoms with Crippen molar-refractivity contribution in [3.8, 4) is 0 Å². The van der Waals surface area contributed by atoms with Gasteiger partial charge >= 0.3 is 0 Å². The molecule has 0 aromatic carbocycles. The third kappa shape index (κ3) is 5.71. The van der Waals surface area contributed by atoms with E-state index in [0.717, 1.165) is 12.0 Å². The summed E-state index contributed by atoms with van der Waals surface area (Å²) in [7, 11) is 0. The van der Waals surface area contributed by atoms with Gasteiger partial charge in [0.05, 0.1) is 0 Å². The number of nitrogens with zero attached hydrogens (tertiary/aromatic N) is 1. The van der Waals surface area contributed by atoms with Crippen LogP contribution in [-0.4, -0.2) is 37.1 Å². The number of unbranched alkanes of at least 4 members (excludes halogenated alkanes) is 1. The first-order valence-corrected chi connectivity index (χ1v) is 8.34. The van der Waals surface area contributed by atoms with E-state index in [4.69, 9.17) is 0 Å². The maximum absolute atomic E-state index is 3.61. The summed E-state index contributed by atoms with van der Waals surface area (Å²) in [6.07, 6.45) is 12.8. The lowest BCUT2D eigenvalue weighted by atomic mass is 9.96. The molecule has 1 saturated heterocycles. The number of nitrogens with one attached hydrogen (secondary N) is 1. The summed E-state index contributed by atoms with van der Waals surface area (Å²) in [4.78, 5) is 2.72. The summed E-state index contributed by atoms with van der Waals surface area (Å²) >= 11 is 0. The van der Waals surface area contributed by atoms with Crippen LogP contribution in [-0.2, 0) is 0 Å². The Morgan fingerprint density at radius 2 is 1.94 bits per heavy atom. The molecule has 1 heterocycles. The van der Waals surface area contributed by atoms with Crippen molar-refractivity contribution in [3.05, 3.63) is 0 Å². The number of hydrogen-bond acceptors (Lipinski definition) is 2. The highest BCUT2D eigenvalue weighted by atomic mass is 15.1. The Morgan fingerprint density at radius 3 is 2.72 bits per heavy atom. The molecule has 0 bridgehead atoms. The maximum atomic E-state index is 3.61. The van der Waals surface area contributed by atoms with E-state index in [9.17, 15) is 0 Å². The minimum Gasteiger partial charge on any atom is -0.314 e. The molecule has 0 spiro atoms. The van der Waals surface area contributed by atoms with E-state index in [0.29, 0.717) is 0 Å². The quantitative estimate of drug-likeness (QED) is 0.666. The van der Waals surface area contributed by atoms with Crippen molar-refractivity contribution in [2.45, 2.75) is 70.8 Å². The fourth-order valence-electron chi connectivity index (χ4n) is 3.20. The molecular formula is C16H32N2. The molecule has 2 rings (SSSR count). The van der Waals surface area contributed by atoms with Crippen LogP contribution in [0.3, 0.4) is 0 Å². The van der Waals surface area contributed by atoms with E-state index in [1.54, 1.807) is 0 Å². The summed E-state index contributed by atoms with van der Waals surface area (Å²) in [5.41, 5.74) is 0. The lowest BCUT2D eigenvalue weighted by molar-refractivity contribution is 0.273. The second-order valence-corrected chi connectivity index (χ2v) is 6.36. The molecule has 2 nitrogen and oxygen atoms in total. The molecule has 2 aliphatic rings. The van der Waals surface area contributed by atoms with E-state index in [1.807, 2.05) is 0 Å². The molecule has 0 radical (unpaired) electrons. The average Bonchev–Trinajstić information content (AvgIpc) is 3.18. The Labute approximate surface area is 114 Å². The van der Waals surface area contributed by atoms with Crippen LogP contribution < -0.4 is 5.32 Å². The number of likely N-dealkylation sites (tertiary alicyclic amines) is 1. The zero-order chi connectivity index (χ0) is 12.6. The number of rotatable bonds is 8. The van der Waals surface area contributed by atoms with Crippen LogP contribution in [0, 0.1) is 5.92 Å². The predicted molar refractivity (Wildman–Crippen MR) is 78.9 cm³/mol. The highest BCUT2D eigenvalue weighted by Gasteiger charge is 2.19. The fourth-order valence-corrected chi connectivity index (χ4v) is 3.20. The molecule has 0 aromatic heterocycles. The van der Waals surface area contributed by atoms with Crippen LogP contribution in [0.1, 0.15) is 64.7 Å². The highest BCUT2D eigenvalue weighted by molar-refractivity contribution is 4.80. The molecule has 2 fully saturated rings. The van der Waals surface area contributed by atoms with Gasteiger partial charge < -0.3 is 10.2 Å². The first kappa shape index (κ1) is 14.3. The van der Waals surface area contributed by atoms with Crippen molar-refractivity contribution in [2.24, 2.45) is 5.92 Å². The van der Waals surface area contributed by atoms with Crippen molar-refractivity contribution >= 4 is 0 Å². The molecule has 1 aliphatic heterocycles. The van der Waals surface area contributed by atoms with Crippen LogP contribution in [0.15, 0.2) is 0 Å². The van der Waals surface area contributed by atoms with Crippen LogP contribution in [0.2, 0.25) is 0 Å². The Kier molecular flexibility index (Phi) is 6.50. The molecular weight excluding hydrogens is 220 g/mol. The maximum Gasteiger partial charge on any atom is 0.00682 e. The lowest BCUT2D eigenvalue weighted by Gasteiger charge is -2.20. The third-order valence-corrected chi connectivity index (χ3v) is 4.55. The van der Waals surface area contributed by atoms with Gasteiger partial charge in [0.25, 0.3) is 0 Å². The standard InChI is InChI=1S/C16H32N2/c1-2-6-15-7-5-13-18(14-10-15)12-4-3-11-17-16-8-9-16/h15-17H,2-14H2,1H3. The van der Waals surface area contributed by atoms with Gasteiger partial charge in [-0.2, -0.15) is 0 Å². The summed E-state index contributed by atoms with van der Waals surface area (Å²) in [6.45, 7) is 7.63. The van der Waals surface area contributed by atoms with E-state index < -0.39 is 0 Å². The smallest absolute Gasteiger partial charge is 0.00682 e. The molecule has 1 saturated carbocycles. The molecule has 18 heavy (non-hydrogen) atoms. The first-order valence-electron chi connectivity index (χ1n) is 8.34. The van der Waals surface area contributed by atoms with E-state index >= 15 is 0 Å². The van der Waals surface area contributed by atoms with E-state index in [2.05, 4.69) is 17.1 Å². The minimum absolute atomic E-state index is 0.887. The molecule has 106 valence electrons. The summed E-state index contributed by atoms with van der Waals surface area (Å²) in [5.74, 6) is 1.02. The van der Waals surface area contributed by atoms with Crippen LogP contribution >= 0.6 is 0 Å². The van der Waals surface area contributed by atoms with Gasteiger partial charge in [-0.1, -0.05) is 19.8 Å². The molecule has 1 atom stereocenters. The Morgan fingerprint density at radius 1 is 1.06 bits per heavy atom. The van der Waals surface area contributed by atoms with Gasteiger partial charge in [-0.25, -0.2) is 0 Å². The molecule has 1 N–H and O–H groups in total. The van der Waals surface area contributed by atoms with Crippen molar-refractivity contribution in [1.29, 1.82) is 0 Å². The average molecular weight is 252 g/mol. The zero-order valence-electron chi connectivity index (χ0n) is 12.3. The predicted octanol–water partition coefficient (Wildman–Crippen LogP) is 3.42. The lowest BCUT2D eigenvalue weighted by Crippen LogP contribution is -2.27. The van der Waals surface area contributed by atoms with Gasteiger partial charge in [0.1, 0.15) is 0 Å². The highest BCUT2D eigenvalue weighted by Crippen LogP contribution is 2.22. The van der Waals surface area contributed by atoms with Crippen LogP contribution in [0.4, 0.5) is 0 Å². The Hall–Kier alpha value is -0.0800. The fraction of sp³-hybridized carbons (Fsp3) is 1.00. The second-order valence-electron chi connectivity index (χ2n) is 6.36. The Balaban J connectivity index is 1.49. The van der Waals surface area contributed by atoms with Crippen molar-refractivity contribution in [1.82, 2.24) is 10.2 Å². The van der Waals surface area contributed by atoms with Gasteiger partial charge in [-0.15, -0.1) is 0 Å². The van der Waals surface area contributed by atoms with Crippen LogP contribution in [0.25, 0.3) is 0 Å². The van der Waals surface area contributed by atoms with Gasteiger partial charge in [-0.05, 0) is 77.0 Å². The van der Waals surface area contributed by atoms with E-state index in [-0.39, 0.29) is 0 Å². The monoisotopic (exact) mass is 252 g/mol. The molecule has 1 unspecified atom stereocenters. The molecule has 0 amide bonds. The van der Waals surface area contributed by atoms with Crippen LogP contribution in [0.5, 0.6) is 0 Å². The van der Waals surface area contributed by atoms with Gasteiger partial charge in [-0.3, -0.25) is 0 Å². The minimum atomic E-state index is 0.887. The summed E-state index contributed by atoms with van der Waals surface area (Å²) < 4.78 is 0. The van der Waals surface area contributed by atoms with Crippen molar-refractivity contribution < 1.29 is 0 Å². The zero-order valence-corrected chi connectivity index (χ0v) is 12.3. The van der Waals surface area contributed by atoms with Crippen molar-refractivity contribution in [2.75, 3.05) is 26.2 Å². The Bertz CT molecular complexity index is 213. The third-order valence-electron chi connectivity index (χ3n) is 4.55. The van der Waals surface area contributed by atoms with Gasteiger partial charge in [0.2, 0.25) is 0 Å². The van der Waals surface area contributed by atoms with E-state index in [1.165, 1.54) is 84.0 Å². The molecule has 0 aromatic rings. The largest absolute Gasteiger partial charge is 0.314 e. The molecule has 1 aliphatic carbocycles. The van der Waals surface area contributed by atoms with Gasteiger partial charge in [0, 0.05) is 6.04 Å². The van der Waals surface area contributed by atoms with Crippen molar-refractivity contribution in [3.63, 3.8) is 0 Å². The van der Waals surface area contributed by atoms with Gasteiger partial charge in [0.15, 0.2) is 0 Å². The second kappa shape index (κ2) is 8.16. The number of hydrogen-bond donors (Lipinski definition) is 1. The topological polar surface area (TPSA) is 15.3 Å². The normalized spacial score (nSPS) is 26.2. The first-order chi connectivity index (χ1) is 8.88. The molecule has 2 heteroatoms. The summed E-state index contributed by atoms with van der Waals surface area (Å²) in [6, 6.07) is 0.887. The summed E-state index contributed by atoms with van der Waals surface area (Å²) in [5, 5.41) is 3.61. The SMILES string of the molecule is CCCC1CCCN(CCCCNC2CC2)CC1.